The van der Waals surface area contributed by atoms with Gasteiger partial charge >= 0.3 is 0 Å². The van der Waals surface area contributed by atoms with Gasteiger partial charge in [0.25, 0.3) is 5.56 Å². The van der Waals surface area contributed by atoms with Gasteiger partial charge in [-0.3, -0.25) is 9.36 Å². The van der Waals surface area contributed by atoms with Crippen LogP contribution in [0, 0.1) is 6.92 Å². The summed E-state index contributed by atoms with van der Waals surface area (Å²) < 4.78 is 12.2. The molecule has 4 rings (SSSR count). The zero-order chi connectivity index (χ0) is 20.4. The second-order valence-corrected chi connectivity index (χ2v) is 7.90. The number of ether oxygens (including phenoxy) is 1. The first kappa shape index (κ1) is 19.2. The summed E-state index contributed by atoms with van der Waals surface area (Å²) in [6.45, 7) is 4.13. The topological polar surface area (TPSA) is 83.0 Å². The number of thioether (sulfide) groups is 1. The van der Waals surface area contributed by atoms with Crippen LogP contribution in [0.25, 0.3) is 10.9 Å². The molecular formula is C21H20N4O3S. The Labute approximate surface area is 171 Å². The molecule has 0 saturated carbocycles. The average Bonchev–Trinajstić information content (AvgIpc) is 3.18. The molecule has 0 spiro atoms. The highest BCUT2D eigenvalue weighted by molar-refractivity contribution is 7.99. The second kappa shape index (κ2) is 8.08. The first-order valence-electron chi connectivity index (χ1n) is 9.14. The molecule has 0 bridgehead atoms. The van der Waals surface area contributed by atoms with E-state index in [1.165, 1.54) is 11.8 Å². The molecule has 0 N–H and O–H groups in total. The predicted octanol–water partition coefficient (Wildman–Crippen LogP) is 4.00. The molecular weight excluding hydrogens is 388 g/mol. The summed E-state index contributed by atoms with van der Waals surface area (Å²) in [5.41, 5.74) is 1.57. The van der Waals surface area contributed by atoms with Crippen LogP contribution in [0.3, 0.4) is 0 Å². The molecule has 7 nitrogen and oxygen atoms in total. The largest absolute Gasteiger partial charge is 0.497 e. The minimum absolute atomic E-state index is 0.0807. The van der Waals surface area contributed by atoms with E-state index in [9.17, 15) is 4.79 Å². The van der Waals surface area contributed by atoms with Crippen LogP contribution in [-0.4, -0.2) is 26.8 Å². The molecule has 0 amide bonds. The lowest BCUT2D eigenvalue weighted by Crippen LogP contribution is -2.24. The lowest BCUT2D eigenvalue weighted by atomic mass is 10.2. The number of benzene rings is 2. The Hall–Kier alpha value is -3.13. The molecule has 4 aromatic rings. The lowest BCUT2D eigenvalue weighted by molar-refractivity contribution is 0.376. The highest BCUT2D eigenvalue weighted by Crippen LogP contribution is 2.33. The molecule has 0 saturated heterocycles. The first-order valence-corrected chi connectivity index (χ1v) is 10.0. The standard InChI is InChI=1S/C21H20N4O3S/c1-13(19-22-14(2)24-28-19)29-21-23-18-7-5-4-6-17(18)20(26)25(21)12-15-8-10-16(27-3)11-9-15/h4-11,13H,12H2,1-3H3. The van der Waals surface area contributed by atoms with Crippen molar-refractivity contribution in [3.05, 3.63) is 76.2 Å². The van der Waals surface area contributed by atoms with E-state index in [1.807, 2.05) is 49.4 Å². The maximum absolute atomic E-state index is 13.2. The number of fused-ring (bicyclic) bond motifs is 1. The maximum atomic E-state index is 13.2. The minimum atomic E-state index is -0.147. The number of methoxy groups -OCH3 is 1. The van der Waals surface area contributed by atoms with Crippen LogP contribution < -0.4 is 10.3 Å². The number of para-hydroxylation sites is 1. The van der Waals surface area contributed by atoms with Gasteiger partial charge in [-0.05, 0) is 43.7 Å². The van der Waals surface area contributed by atoms with E-state index < -0.39 is 0 Å². The van der Waals surface area contributed by atoms with Gasteiger partial charge in [-0.2, -0.15) is 4.98 Å². The first-order chi connectivity index (χ1) is 14.0. The summed E-state index contributed by atoms with van der Waals surface area (Å²) >= 11 is 1.42. The molecule has 1 unspecified atom stereocenters. The van der Waals surface area contributed by atoms with Crippen LogP contribution in [-0.2, 0) is 6.54 Å². The Bertz CT molecular complexity index is 1200. The van der Waals surface area contributed by atoms with E-state index in [4.69, 9.17) is 14.2 Å². The van der Waals surface area contributed by atoms with Crippen LogP contribution in [0.1, 0.15) is 29.5 Å². The minimum Gasteiger partial charge on any atom is -0.497 e. The van der Waals surface area contributed by atoms with Gasteiger partial charge in [0.1, 0.15) is 5.75 Å². The molecule has 2 aromatic carbocycles. The van der Waals surface area contributed by atoms with Crippen LogP contribution >= 0.6 is 11.8 Å². The fraction of sp³-hybridized carbons (Fsp3) is 0.238. The average molecular weight is 408 g/mol. The Morgan fingerprint density at radius 1 is 1.14 bits per heavy atom. The van der Waals surface area contributed by atoms with Crippen molar-refractivity contribution in [1.82, 2.24) is 19.7 Å². The molecule has 0 radical (unpaired) electrons. The summed E-state index contributed by atoms with van der Waals surface area (Å²) in [5.74, 6) is 1.85. The van der Waals surface area contributed by atoms with E-state index in [1.54, 1.807) is 24.7 Å². The Balaban J connectivity index is 1.76. The third-order valence-corrected chi connectivity index (χ3v) is 5.58. The molecule has 8 heteroatoms. The molecule has 29 heavy (non-hydrogen) atoms. The highest BCUT2D eigenvalue weighted by Gasteiger charge is 2.19. The van der Waals surface area contributed by atoms with E-state index in [0.717, 1.165) is 11.3 Å². The van der Waals surface area contributed by atoms with Crippen molar-refractivity contribution in [3.8, 4) is 5.75 Å². The number of aromatic nitrogens is 4. The Kier molecular flexibility index (Phi) is 5.35. The monoisotopic (exact) mass is 408 g/mol. The zero-order valence-corrected chi connectivity index (χ0v) is 17.1. The quantitative estimate of drug-likeness (QED) is 0.352. The zero-order valence-electron chi connectivity index (χ0n) is 16.3. The Morgan fingerprint density at radius 3 is 2.59 bits per heavy atom. The van der Waals surface area contributed by atoms with Gasteiger partial charge in [0.2, 0.25) is 5.89 Å². The van der Waals surface area contributed by atoms with E-state index in [0.29, 0.717) is 34.3 Å². The van der Waals surface area contributed by atoms with E-state index in [-0.39, 0.29) is 10.8 Å². The number of aryl methyl sites for hydroxylation is 1. The molecule has 1 atom stereocenters. The van der Waals surface area contributed by atoms with Crippen LogP contribution in [0.5, 0.6) is 5.75 Å². The van der Waals surface area contributed by atoms with Gasteiger partial charge in [-0.25, -0.2) is 4.98 Å². The summed E-state index contributed by atoms with van der Waals surface area (Å²) in [5, 5.41) is 4.90. The van der Waals surface area contributed by atoms with Gasteiger partial charge in [0.05, 0.1) is 29.8 Å². The van der Waals surface area contributed by atoms with Crippen molar-refractivity contribution < 1.29 is 9.26 Å². The van der Waals surface area contributed by atoms with Crippen molar-refractivity contribution in [2.45, 2.75) is 30.8 Å². The molecule has 0 aliphatic carbocycles. The highest BCUT2D eigenvalue weighted by atomic mass is 32.2. The summed E-state index contributed by atoms with van der Waals surface area (Å²) in [7, 11) is 1.63. The summed E-state index contributed by atoms with van der Waals surface area (Å²) in [4.78, 5) is 22.3. The fourth-order valence-corrected chi connectivity index (χ4v) is 3.92. The van der Waals surface area contributed by atoms with E-state index >= 15 is 0 Å². The van der Waals surface area contributed by atoms with Crippen LogP contribution in [0.2, 0.25) is 0 Å². The van der Waals surface area contributed by atoms with Crippen molar-refractivity contribution >= 4 is 22.7 Å². The second-order valence-electron chi connectivity index (χ2n) is 6.59. The normalized spacial score (nSPS) is 12.2. The van der Waals surface area contributed by atoms with Crippen molar-refractivity contribution in [2.75, 3.05) is 7.11 Å². The number of rotatable bonds is 6. The van der Waals surface area contributed by atoms with Crippen LogP contribution in [0.15, 0.2) is 63.0 Å². The van der Waals surface area contributed by atoms with E-state index in [2.05, 4.69) is 10.1 Å². The van der Waals surface area contributed by atoms with Gasteiger partial charge in [0.15, 0.2) is 11.0 Å². The van der Waals surface area contributed by atoms with Gasteiger partial charge in [-0.15, -0.1) is 0 Å². The fourth-order valence-electron chi connectivity index (χ4n) is 2.98. The van der Waals surface area contributed by atoms with Gasteiger partial charge in [0, 0.05) is 0 Å². The van der Waals surface area contributed by atoms with Gasteiger partial charge < -0.3 is 9.26 Å². The maximum Gasteiger partial charge on any atom is 0.262 e. The molecule has 0 fully saturated rings. The predicted molar refractivity (Wildman–Crippen MR) is 111 cm³/mol. The third-order valence-electron chi connectivity index (χ3n) is 4.50. The SMILES string of the molecule is COc1ccc(Cn2c(SC(C)c3nc(C)no3)nc3ccccc3c2=O)cc1. The smallest absolute Gasteiger partial charge is 0.262 e. The van der Waals surface area contributed by atoms with Crippen molar-refractivity contribution in [3.63, 3.8) is 0 Å². The number of hydrogen-bond donors (Lipinski definition) is 0. The molecule has 2 heterocycles. The van der Waals surface area contributed by atoms with Crippen LogP contribution in [0.4, 0.5) is 0 Å². The Morgan fingerprint density at radius 2 is 1.90 bits per heavy atom. The lowest BCUT2D eigenvalue weighted by Gasteiger charge is -2.15. The van der Waals surface area contributed by atoms with Gasteiger partial charge in [-0.1, -0.05) is 41.2 Å². The molecule has 148 valence electrons. The van der Waals surface area contributed by atoms with Crippen molar-refractivity contribution in [1.29, 1.82) is 0 Å². The molecule has 0 aliphatic heterocycles. The molecule has 0 aliphatic rings. The summed E-state index contributed by atoms with van der Waals surface area (Å²) in [6, 6.07) is 15.0. The number of hydrogen-bond acceptors (Lipinski definition) is 7. The summed E-state index contributed by atoms with van der Waals surface area (Å²) in [6.07, 6.45) is 0. The number of nitrogens with zero attached hydrogens (tertiary/aromatic N) is 4. The third kappa shape index (κ3) is 4.02. The van der Waals surface area contributed by atoms with Crippen molar-refractivity contribution in [2.24, 2.45) is 0 Å². The molecule has 2 aromatic heterocycles.